The molecule has 0 heterocycles. The maximum Gasteiger partial charge on any atom is 0.244 e. The van der Waals surface area contributed by atoms with Crippen LogP contribution in [0.15, 0.2) is 24.3 Å². The minimum atomic E-state index is -0.806. The van der Waals surface area contributed by atoms with Gasteiger partial charge in [-0.2, -0.15) is 0 Å². The van der Waals surface area contributed by atoms with Gasteiger partial charge in [0.15, 0.2) is 0 Å². The molecule has 1 amide bonds. The van der Waals surface area contributed by atoms with E-state index in [1.165, 1.54) is 0 Å². The molecule has 1 atom stereocenters. The SMILES string of the molecule is CCCc1ccccc1NC(=O)C(C)(N)CC. The highest BCUT2D eigenvalue weighted by Crippen LogP contribution is 2.18. The van der Waals surface area contributed by atoms with Crippen LogP contribution in [0.3, 0.4) is 0 Å². The first kappa shape index (κ1) is 13.7. The van der Waals surface area contributed by atoms with E-state index in [-0.39, 0.29) is 5.91 Å². The Morgan fingerprint density at radius 3 is 2.59 bits per heavy atom. The summed E-state index contributed by atoms with van der Waals surface area (Å²) >= 11 is 0. The van der Waals surface area contributed by atoms with Crippen LogP contribution in [0.25, 0.3) is 0 Å². The van der Waals surface area contributed by atoms with Crippen LogP contribution in [0.1, 0.15) is 39.2 Å². The summed E-state index contributed by atoms with van der Waals surface area (Å²) in [6, 6.07) is 7.88. The number of nitrogens with two attached hydrogens (primary N) is 1. The van der Waals surface area contributed by atoms with Gasteiger partial charge in [-0.1, -0.05) is 38.5 Å². The van der Waals surface area contributed by atoms with E-state index < -0.39 is 5.54 Å². The molecule has 1 aromatic carbocycles. The molecule has 0 saturated heterocycles. The van der Waals surface area contributed by atoms with Gasteiger partial charge in [0, 0.05) is 5.69 Å². The number of amides is 1. The number of hydrogen-bond donors (Lipinski definition) is 2. The summed E-state index contributed by atoms with van der Waals surface area (Å²) in [5, 5.41) is 2.92. The van der Waals surface area contributed by atoms with Crippen molar-refractivity contribution in [2.24, 2.45) is 5.73 Å². The van der Waals surface area contributed by atoms with Crippen molar-refractivity contribution in [3.63, 3.8) is 0 Å². The van der Waals surface area contributed by atoms with Gasteiger partial charge in [-0.15, -0.1) is 0 Å². The second kappa shape index (κ2) is 5.82. The smallest absolute Gasteiger partial charge is 0.244 e. The number of anilines is 1. The maximum atomic E-state index is 12.0. The summed E-state index contributed by atoms with van der Waals surface area (Å²) in [5.74, 6) is -0.122. The van der Waals surface area contributed by atoms with Crippen molar-refractivity contribution < 1.29 is 4.79 Å². The van der Waals surface area contributed by atoms with Gasteiger partial charge in [-0.25, -0.2) is 0 Å². The molecule has 3 N–H and O–H groups in total. The van der Waals surface area contributed by atoms with Crippen LogP contribution in [0.2, 0.25) is 0 Å². The van der Waals surface area contributed by atoms with Crippen LogP contribution < -0.4 is 11.1 Å². The van der Waals surface area contributed by atoms with Gasteiger partial charge in [0.2, 0.25) is 5.91 Å². The van der Waals surface area contributed by atoms with Gasteiger partial charge in [0.1, 0.15) is 0 Å². The third kappa shape index (κ3) is 3.56. The van der Waals surface area contributed by atoms with Crippen molar-refractivity contribution in [1.29, 1.82) is 0 Å². The van der Waals surface area contributed by atoms with Crippen LogP contribution in [-0.4, -0.2) is 11.4 Å². The van der Waals surface area contributed by atoms with Crippen molar-refractivity contribution >= 4 is 11.6 Å². The second-order valence-corrected chi connectivity index (χ2v) is 4.63. The lowest BCUT2D eigenvalue weighted by molar-refractivity contribution is -0.120. The van der Waals surface area contributed by atoms with Gasteiger partial charge >= 0.3 is 0 Å². The lowest BCUT2D eigenvalue weighted by atomic mass is 9.99. The van der Waals surface area contributed by atoms with Gasteiger partial charge in [-0.05, 0) is 31.4 Å². The zero-order valence-corrected chi connectivity index (χ0v) is 10.9. The number of hydrogen-bond acceptors (Lipinski definition) is 2. The number of carbonyl (C=O) groups is 1. The van der Waals surface area contributed by atoms with Crippen molar-refractivity contribution in [3.8, 4) is 0 Å². The molecule has 0 bridgehead atoms. The lowest BCUT2D eigenvalue weighted by Crippen LogP contribution is -2.47. The molecule has 1 aromatic rings. The van der Waals surface area contributed by atoms with Crippen LogP contribution >= 0.6 is 0 Å². The third-order valence-electron chi connectivity index (χ3n) is 3.04. The second-order valence-electron chi connectivity index (χ2n) is 4.63. The minimum absolute atomic E-state index is 0.122. The Labute approximate surface area is 103 Å². The lowest BCUT2D eigenvalue weighted by Gasteiger charge is -2.22. The largest absolute Gasteiger partial charge is 0.324 e. The molecule has 0 aromatic heterocycles. The Bertz CT molecular complexity index is 386. The Balaban J connectivity index is 2.84. The molecule has 0 aliphatic heterocycles. The van der Waals surface area contributed by atoms with E-state index in [9.17, 15) is 4.79 Å². The van der Waals surface area contributed by atoms with Crippen LogP contribution in [0.5, 0.6) is 0 Å². The third-order valence-corrected chi connectivity index (χ3v) is 3.04. The molecular weight excluding hydrogens is 212 g/mol. The molecule has 0 saturated carbocycles. The summed E-state index contributed by atoms with van der Waals surface area (Å²) in [4.78, 5) is 12.0. The molecule has 0 aliphatic carbocycles. The Kier molecular flexibility index (Phi) is 4.70. The predicted molar refractivity (Wildman–Crippen MR) is 72.0 cm³/mol. The normalized spacial score (nSPS) is 14.1. The summed E-state index contributed by atoms with van der Waals surface area (Å²) in [7, 11) is 0. The molecule has 3 nitrogen and oxygen atoms in total. The van der Waals surface area contributed by atoms with Gasteiger partial charge in [0.25, 0.3) is 0 Å². The van der Waals surface area contributed by atoms with Crippen molar-refractivity contribution in [2.75, 3.05) is 5.32 Å². The number of aryl methyl sites for hydroxylation is 1. The van der Waals surface area contributed by atoms with E-state index in [4.69, 9.17) is 5.73 Å². The first-order chi connectivity index (χ1) is 8.01. The van der Waals surface area contributed by atoms with Gasteiger partial charge in [0.05, 0.1) is 5.54 Å². The molecule has 1 unspecified atom stereocenters. The van der Waals surface area contributed by atoms with Crippen molar-refractivity contribution in [1.82, 2.24) is 0 Å². The van der Waals surface area contributed by atoms with E-state index >= 15 is 0 Å². The van der Waals surface area contributed by atoms with Crippen molar-refractivity contribution in [2.45, 2.75) is 45.6 Å². The van der Waals surface area contributed by atoms with E-state index in [2.05, 4.69) is 12.2 Å². The quantitative estimate of drug-likeness (QED) is 0.823. The molecule has 0 spiro atoms. The Morgan fingerprint density at radius 1 is 1.35 bits per heavy atom. The number of para-hydroxylation sites is 1. The molecule has 0 aliphatic rings. The fourth-order valence-electron chi connectivity index (χ4n) is 1.56. The Hall–Kier alpha value is -1.35. The fourth-order valence-corrected chi connectivity index (χ4v) is 1.56. The molecule has 94 valence electrons. The zero-order chi connectivity index (χ0) is 12.9. The summed E-state index contributed by atoms with van der Waals surface area (Å²) < 4.78 is 0. The highest BCUT2D eigenvalue weighted by Gasteiger charge is 2.26. The summed E-state index contributed by atoms with van der Waals surface area (Å²) in [6.07, 6.45) is 2.64. The first-order valence-corrected chi connectivity index (χ1v) is 6.19. The maximum absolute atomic E-state index is 12.0. The van der Waals surface area contributed by atoms with Gasteiger partial charge in [-0.3, -0.25) is 4.79 Å². The number of carbonyl (C=O) groups excluding carboxylic acids is 1. The molecule has 0 radical (unpaired) electrons. The topological polar surface area (TPSA) is 55.1 Å². The Morgan fingerprint density at radius 2 is 2.00 bits per heavy atom. The molecule has 1 rings (SSSR count). The van der Waals surface area contributed by atoms with Crippen molar-refractivity contribution in [3.05, 3.63) is 29.8 Å². The molecule has 3 heteroatoms. The first-order valence-electron chi connectivity index (χ1n) is 6.19. The highest BCUT2D eigenvalue weighted by molar-refractivity contribution is 5.98. The molecule has 17 heavy (non-hydrogen) atoms. The van der Waals surface area contributed by atoms with E-state index in [0.717, 1.165) is 24.1 Å². The van der Waals surface area contributed by atoms with Gasteiger partial charge < -0.3 is 11.1 Å². The molecular formula is C14H22N2O. The van der Waals surface area contributed by atoms with Crippen LogP contribution in [0.4, 0.5) is 5.69 Å². The fraction of sp³-hybridized carbons (Fsp3) is 0.500. The van der Waals surface area contributed by atoms with E-state index in [1.54, 1.807) is 6.92 Å². The number of rotatable bonds is 5. The van der Waals surface area contributed by atoms with E-state index in [0.29, 0.717) is 6.42 Å². The minimum Gasteiger partial charge on any atom is -0.324 e. The average Bonchev–Trinajstić information content (AvgIpc) is 2.32. The average molecular weight is 234 g/mol. The van der Waals surface area contributed by atoms with Crippen LogP contribution in [0, 0.1) is 0 Å². The number of benzene rings is 1. The molecule has 0 fully saturated rings. The monoisotopic (exact) mass is 234 g/mol. The van der Waals surface area contributed by atoms with Crippen LogP contribution in [-0.2, 0) is 11.2 Å². The summed E-state index contributed by atoms with van der Waals surface area (Å²) in [6.45, 7) is 5.79. The number of nitrogens with one attached hydrogen (secondary N) is 1. The van der Waals surface area contributed by atoms with E-state index in [1.807, 2.05) is 31.2 Å². The predicted octanol–water partition coefficient (Wildman–Crippen LogP) is 2.71. The zero-order valence-electron chi connectivity index (χ0n) is 10.9. The standard InChI is InChI=1S/C14H22N2O/c1-4-8-11-9-6-7-10-12(11)16-13(17)14(3,15)5-2/h6-7,9-10H,4-5,8,15H2,1-3H3,(H,16,17). The highest BCUT2D eigenvalue weighted by atomic mass is 16.2. The summed E-state index contributed by atoms with van der Waals surface area (Å²) in [5.41, 5.74) is 7.15.